The van der Waals surface area contributed by atoms with Crippen molar-refractivity contribution in [3.05, 3.63) is 46.2 Å². The zero-order valence-corrected chi connectivity index (χ0v) is 16.4. The van der Waals surface area contributed by atoms with Gasteiger partial charge in [-0.05, 0) is 38.1 Å². The van der Waals surface area contributed by atoms with Crippen LogP contribution in [0, 0.1) is 6.92 Å². The lowest BCUT2D eigenvalue weighted by Gasteiger charge is -2.30. The molecule has 1 aliphatic heterocycles. The summed E-state index contributed by atoms with van der Waals surface area (Å²) in [5.74, 6) is -1.56. The number of thiophene rings is 1. The van der Waals surface area contributed by atoms with Crippen molar-refractivity contribution in [3.63, 3.8) is 0 Å². The van der Waals surface area contributed by atoms with Gasteiger partial charge in [-0.3, -0.25) is 24.1 Å². The maximum Gasteiger partial charge on any atom is 0.307 e. The van der Waals surface area contributed by atoms with Gasteiger partial charge in [-0.1, -0.05) is 12.1 Å². The van der Waals surface area contributed by atoms with Crippen LogP contribution in [-0.4, -0.2) is 36.2 Å². The molecule has 0 spiro atoms. The highest BCUT2D eigenvalue weighted by Gasteiger charge is 2.31. The molecule has 8 heteroatoms. The second-order valence-electron chi connectivity index (χ2n) is 6.46. The number of esters is 1. The highest BCUT2D eigenvalue weighted by molar-refractivity contribution is 7.14. The summed E-state index contributed by atoms with van der Waals surface area (Å²) < 4.78 is 5.20. The maximum atomic E-state index is 12.7. The average molecular weight is 400 g/mol. The van der Waals surface area contributed by atoms with Crippen molar-refractivity contribution >= 4 is 46.3 Å². The molecule has 0 fully saturated rings. The summed E-state index contributed by atoms with van der Waals surface area (Å²) in [6, 6.07) is 10.5. The Morgan fingerprint density at radius 2 is 1.93 bits per heavy atom. The molecule has 0 saturated heterocycles. The molecule has 7 nitrogen and oxygen atoms in total. The van der Waals surface area contributed by atoms with Crippen LogP contribution in [0.4, 0.5) is 11.4 Å². The molecular weight excluding hydrogens is 380 g/mol. The third-order valence-corrected chi connectivity index (χ3v) is 5.31. The number of ketones is 1. The Balaban J connectivity index is 1.57. The van der Waals surface area contributed by atoms with E-state index in [4.69, 9.17) is 4.74 Å². The van der Waals surface area contributed by atoms with Gasteiger partial charge in [0, 0.05) is 11.3 Å². The van der Waals surface area contributed by atoms with Crippen LogP contribution in [0.3, 0.4) is 0 Å². The molecule has 1 aliphatic rings. The molecule has 0 unspecified atom stereocenters. The number of carbonyl (C=O) groups is 4. The smallest absolute Gasteiger partial charge is 0.307 e. The Labute approximate surface area is 166 Å². The average Bonchev–Trinajstić information content (AvgIpc) is 3.11. The summed E-state index contributed by atoms with van der Waals surface area (Å²) >= 11 is 1.38. The van der Waals surface area contributed by atoms with Gasteiger partial charge in [0.1, 0.15) is 6.54 Å². The standard InChI is InChI=1S/C20H20N2O5S/c1-12-7-9-17(28-12)16(23)8-10-19(25)27-13(2)20(26)22-11-18(24)21-14-5-3-4-6-15(14)22/h3-7,9,13H,8,10-11H2,1-2H3,(H,21,24)/t13-/m0/s1. The number of anilines is 2. The minimum atomic E-state index is -1.06. The number of aryl methyl sites for hydroxylation is 1. The van der Waals surface area contributed by atoms with Crippen LogP contribution < -0.4 is 10.2 Å². The molecule has 1 aromatic carbocycles. The molecule has 146 valence electrons. The number of para-hydroxylation sites is 2. The molecule has 2 aromatic rings. The van der Waals surface area contributed by atoms with Crippen molar-refractivity contribution in [3.8, 4) is 0 Å². The molecule has 2 amide bonds. The number of amides is 2. The second-order valence-corrected chi connectivity index (χ2v) is 7.74. The van der Waals surface area contributed by atoms with Gasteiger partial charge in [0.15, 0.2) is 11.9 Å². The van der Waals surface area contributed by atoms with E-state index in [1.165, 1.54) is 23.2 Å². The fourth-order valence-corrected chi connectivity index (χ4v) is 3.71. The Morgan fingerprint density at radius 3 is 2.64 bits per heavy atom. The third-order valence-electron chi connectivity index (χ3n) is 4.26. The van der Waals surface area contributed by atoms with E-state index < -0.39 is 18.0 Å². The Morgan fingerprint density at radius 1 is 1.18 bits per heavy atom. The van der Waals surface area contributed by atoms with E-state index in [1.807, 2.05) is 13.0 Å². The van der Waals surface area contributed by atoms with Gasteiger partial charge in [-0.15, -0.1) is 11.3 Å². The highest BCUT2D eigenvalue weighted by Crippen LogP contribution is 2.29. The van der Waals surface area contributed by atoms with Crippen LogP contribution >= 0.6 is 11.3 Å². The van der Waals surface area contributed by atoms with Gasteiger partial charge in [0.05, 0.1) is 22.7 Å². The summed E-state index contributed by atoms with van der Waals surface area (Å²) in [5, 5.41) is 2.70. The topological polar surface area (TPSA) is 92.8 Å². The van der Waals surface area contributed by atoms with E-state index in [0.717, 1.165) is 4.88 Å². The quantitative estimate of drug-likeness (QED) is 0.594. The number of hydrogen-bond donors (Lipinski definition) is 1. The Hall–Kier alpha value is -3.00. The van der Waals surface area contributed by atoms with Crippen LogP contribution in [0.1, 0.15) is 34.3 Å². The van der Waals surface area contributed by atoms with Crippen molar-refractivity contribution in [1.82, 2.24) is 0 Å². The summed E-state index contributed by atoms with van der Waals surface area (Å²) in [7, 11) is 0. The molecule has 1 N–H and O–H groups in total. The first-order chi connectivity index (χ1) is 13.3. The molecule has 0 radical (unpaired) electrons. The predicted octanol–water partition coefficient (Wildman–Crippen LogP) is 2.94. The van der Waals surface area contributed by atoms with Crippen LogP contribution in [-0.2, 0) is 19.1 Å². The second kappa shape index (κ2) is 8.35. The van der Waals surface area contributed by atoms with E-state index in [1.54, 1.807) is 30.3 Å². The fraction of sp³-hybridized carbons (Fsp3) is 0.300. The molecule has 2 heterocycles. The summed E-state index contributed by atoms with van der Waals surface area (Å²) in [6.07, 6.45) is -1.15. The van der Waals surface area contributed by atoms with E-state index in [0.29, 0.717) is 16.3 Å². The number of nitrogens with one attached hydrogen (secondary N) is 1. The summed E-state index contributed by atoms with van der Waals surface area (Å²) in [4.78, 5) is 51.6. The van der Waals surface area contributed by atoms with Gasteiger partial charge < -0.3 is 10.1 Å². The van der Waals surface area contributed by atoms with Gasteiger partial charge >= 0.3 is 5.97 Å². The third kappa shape index (κ3) is 4.45. The minimum Gasteiger partial charge on any atom is -0.453 e. The SMILES string of the molecule is Cc1ccc(C(=O)CCC(=O)O[C@@H](C)C(=O)N2CC(=O)Nc3ccccc32)s1. The van der Waals surface area contributed by atoms with Gasteiger partial charge in [0.2, 0.25) is 5.91 Å². The first-order valence-electron chi connectivity index (χ1n) is 8.84. The Kier molecular flexibility index (Phi) is 5.89. The predicted molar refractivity (Wildman–Crippen MR) is 106 cm³/mol. The lowest BCUT2D eigenvalue weighted by atomic mass is 10.1. The number of carbonyl (C=O) groups excluding carboxylic acids is 4. The molecule has 0 aliphatic carbocycles. The molecule has 28 heavy (non-hydrogen) atoms. The molecule has 1 aromatic heterocycles. The van der Waals surface area contributed by atoms with Crippen molar-refractivity contribution in [1.29, 1.82) is 0 Å². The number of benzene rings is 1. The van der Waals surface area contributed by atoms with Crippen LogP contribution in [0.25, 0.3) is 0 Å². The zero-order chi connectivity index (χ0) is 20.3. The summed E-state index contributed by atoms with van der Waals surface area (Å²) in [6.45, 7) is 3.22. The number of fused-ring (bicyclic) bond motifs is 1. The first kappa shape index (κ1) is 19.8. The molecule has 0 bridgehead atoms. The molecule has 0 saturated carbocycles. The first-order valence-corrected chi connectivity index (χ1v) is 9.66. The number of Topliss-reactive ketones (excluding diaryl/α,β-unsaturated/α-hetero) is 1. The number of ether oxygens (including phenoxy) is 1. The number of nitrogens with zero attached hydrogens (tertiary/aromatic N) is 1. The van der Waals surface area contributed by atoms with E-state index in [-0.39, 0.29) is 31.1 Å². The Bertz CT molecular complexity index is 936. The van der Waals surface area contributed by atoms with Gasteiger partial charge in [-0.25, -0.2) is 0 Å². The van der Waals surface area contributed by atoms with Gasteiger partial charge in [0.25, 0.3) is 5.91 Å². The summed E-state index contributed by atoms with van der Waals surface area (Å²) in [5.41, 5.74) is 1.08. The highest BCUT2D eigenvalue weighted by atomic mass is 32.1. The largest absolute Gasteiger partial charge is 0.453 e. The lowest BCUT2D eigenvalue weighted by molar-refractivity contribution is -0.153. The zero-order valence-electron chi connectivity index (χ0n) is 15.6. The monoisotopic (exact) mass is 400 g/mol. The maximum absolute atomic E-state index is 12.7. The molecule has 3 rings (SSSR count). The van der Waals surface area contributed by atoms with E-state index >= 15 is 0 Å². The molecule has 1 atom stereocenters. The van der Waals surface area contributed by atoms with E-state index in [9.17, 15) is 19.2 Å². The van der Waals surface area contributed by atoms with Crippen molar-refractivity contribution in [2.24, 2.45) is 0 Å². The fourth-order valence-electron chi connectivity index (χ4n) is 2.88. The lowest BCUT2D eigenvalue weighted by Crippen LogP contribution is -2.47. The normalized spacial score (nSPS) is 14.1. The van der Waals surface area contributed by atoms with Crippen molar-refractivity contribution in [2.45, 2.75) is 32.8 Å². The van der Waals surface area contributed by atoms with Crippen LogP contribution in [0.5, 0.6) is 0 Å². The van der Waals surface area contributed by atoms with E-state index in [2.05, 4.69) is 5.32 Å². The van der Waals surface area contributed by atoms with Crippen LogP contribution in [0.15, 0.2) is 36.4 Å². The van der Waals surface area contributed by atoms with Gasteiger partial charge in [-0.2, -0.15) is 0 Å². The number of hydrogen-bond acceptors (Lipinski definition) is 6. The molecular formula is C20H20N2O5S. The minimum absolute atomic E-state index is 0.0225. The van der Waals surface area contributed by atoms with Crippen LogP contribution in [0.2, 0.25) is 0 Å². The van der Waals surface area contributed by atoms with Crippen molar-refractivity contribution in [2.75, 3.05) is 16.8 Å². The number of rotatable bonds is 6. The van der Waals surface area contributed by atoms with Crippen molar-refractivity contribution < 1.29 is 23.9 Å².